The maximum atomic E-state index is 12.0. The van der Waals surface area contributed by atoms with E-state index in [0.717, 1.165) is 23.4 Å². The second kappa shape index (κ2) is 4.63. The first-order valence-electron chi connectivity index (χ1n) is 6.80. The Bertz CT molecular complexity index is 464. The van der Waals surface area contributed by atoms with Gasteiger partial charge in [-0.1, -0.05) is 31.7 Å². The van der Waals surface area contributed by atoms with E-state index >= 15 is 0 Å². The second-order valence-electron chi connectivity index (χ2n) is 5.48. The Labute approximate surface area is 108 Å². The van der Waals surface area contributed by atoms with Crippen LogP contribution >= 0.6 is 0 Å². The van der Waals surface area contributed by atoms with Crippen LogP contribution in [0.15, 0.2) is 18.2 Å². The first-order chi connectivity index (χ1) is 8.72. The number of benzene rings is 1. The maximum absolute atomic E-state index is 12.0. The number of fused-ring (bicyclic) bond motifs is 1. The standard InChI is InChI=1S/C15H19NO2/c1-10-6-7-12-13(8-10)18-14(15(17)16-12)9-11-4-2-3-5-11/h6-8,11,14H,2-5,9H2,1H3,(H,16,17). The molecule has 1 aromatic rings. The van der Waals surface area contributed by atoms with Crippen molar-refractivity contribution in [3.8, 4) is 5.75 Å². The fourth-order valence-corrected chi connectivity index (χ4v) is 2.95. The lowest BCUT2D eigenvalue weighted by atomic mass is 9.98. The highest BCUT2D eigenvalue weighted by Crippen LogP contribution is 2.35. The van der Waals surface area contributed by atoms with Gasteiger partial charge in [0.1, 0.15) is 5.75 Å². The van der Waals surface area contributed by atoms with Gasteiger partial charge in [0.2, 0.25) is 0 Å². The predicted molar refractivity (Wildman–Crippen MR) is 70.8 cm³/mol. The summed E-state index contributed by atoms with van der Waals surface area (Å²) >= 11 is 0. The molecule has 0 aromatic heterocycles. The van der Waals surface area contributed by atoms with Gasteiger partial charge in [0, 0.05) is 0 Å². The molecule has 1 saturated carbocycles. The quantitative estimate of drug-likeness (QED) is 0.868. The van der Waals surface area contributed by atoms with E-state index in [1.54, 1.807) is 0 Å². The van der Waals surface area contributed by atoms with Crippen LogP contribution in [0.4, 0.5) is 5.69 Å². The van der Waals surface area contributed by atoms with Gasteiger partial charge < -0.3 is 10.1 Å². The Morgan fingerprint density at radius 3 is 2.89 bits per heavy atom. The third-order valence-electron chi connectivity index (χ3n) is 3.98. The lowest BCUT2D eigenvalue weighted by molar-refractivity contribution is -0.124. The van der Waals surface area contributed by atoms with Crippen molar-refractivity contribution < 1.29 is 9.53 Å². The van der Waals surface area contributed by atoms with Crippen LogP contribution in [0.3, 0.4) is 0 Å². The highest BCUT2D eigenvalue weighted by atomic mass is 16.5. The molecule has 3 rings (SSSR count). The summed E-state index contributed by atoms with van der Waals surface area (Å²) in [6.45, 7) is 2.03. The molecule has 2 aliphatic rings. The van der Waals surface area contributed by atoms with Crippen LogP contribution in [-0.4, -0.2) is 12.0 Å². The van der Waals surface area contributed by atoms with Gasteiger partial charge in [-0.2, -0.15) is 0 Å². The Morgan fingerprint density at radius 2 is 2.11 bits per heavy atom. The zero-order valence-electron chi connectivity index (χ0n) is 10.7. The fraction of sp³-hybridized carbons (Fsp3) is 0.533. The van der Waals surface area contributed by atoms with E-state index in [1.165, 1.54) is 25.7 Å². The summed E-state index contributed by atoms with van der Waals surface area (Å²) in [5, 5.41) is 2.95. The van der Waals surface area contributed by atoms with Crippen molar-refractivity contribution >= 4 is 11.6 Å². The molecule has 1 aliphatic carbocycles. The minimum atomic E-state index is -0.303. The number of carbonyl (C=O) groups is 1. The minimum Gasteiger partial charge on any atom is -0.478 e. The fourth-order valence-electron chi connectivity index (χ4n) is 2.95. The van der Waals surface area contributed by atoms with Gasteiger partial charge in [-0.3, -0.25) is 4.79 Å². The molecule has 0 radical (unpaired) electrons. The summed E-state index contributed by atoms with van der Waals surface area (Å²) < 4.78 is 5.87. The second-order valence-corrected chi connectivity index (χ2v) is 5.48. The Morgan fingerprint density at radius 1 is 1.33 bits per heavy atom. The van der Waals surface area contributed by atoms with E-state index in [0.29, 0.717) is 5.92 Å². The highest BCUT2D eigenvalue weighted by Gasteiger charge is 2.30. The molecule has 1 aromatic carbocycles. The number of hydrogen-bond acceptors (Lipinski definition) is 2. The van der Waals surface area contributed by atoms with Crippen molar-refractivity contribution in [3.05, 3.63) is 23.8 Å². The van der Waals surface area contributed by atoms with Crippen molar-refractivity contribution in [2.45, 2.75) is 45.1 Å². The number of carbonyl (C=O) groups excluding carboxylic acids is 1. The third-order valence-corrected chi connectivity index (χ3v) is 3.98. The van der Waals surface area contributed by atoms with Crippen LogP contribution in [0.25, 0.3) is 0 Å². The summed E-state index contributed by atoms with van der Waals surface area (Å²) in [5.41, 5.74) is 1.96. The monoisotopic (exact) mass is 245 g/mol. The van der Waals surface area contributed by atoms with Gasteiger partial charge in [0.15, 0.2) is 6.10 Å². The molecule has 1 aliphatic heterocycles. The Kier molecular flexibility index (Phi) is 2.98. The molecule has 18 heavy (non-hydrogen) atoms. The summed E-state index contributed by atoms with van der Waals surface area (Å²) in [7, 11) is 0. The average molecular weight is 245 g/mol. The number of amides is 1. The molecular weight excluding hydrogens is 226 g/mol. The SMILES string of the molecule is Cc1ccc2c(c1)OC(CC1CCCC1)C(=O)N2. The molecule has 3 nitrogen and oxygen atoms in total. The molecule has 1 N–H and O–H groups in total. The van der Waals surface area contributed by atoms with Gasteiger partial charge >= 0.3 is 0 Å². The molecule has 1 atom stereocenters. The molecular formula is C15H19NO2. The van der Waals surface area contributed by atoms with Gasteiger partial charge in [-0.15, -0.1) is 0 Å². The minimum absolute atomic E-state index is 0.0123. The molecule has 0 saturated heterocycles. The molecule has 3 heteroatoms. The summed E-state index contributed by atoms with van der Waals surface area (Å²) in [4.78, 5) is 12.0. The lowest BCUT2D eigenvalue weighted by Crippen LogP contribution is -2.38. The number of anilines is 1. The van der Waals surface area contributed by atoms with Crippen molar-refractivity contribution in [2.24, 2.45) is 5.92 Å². The van der Waals surface area contributed by atoms with Gasteiger partial charge in [0.25, 0.3) is 5.91 Å². The van der Waals surface area contributed by atoms with Crippen LogP contribution in [0.5, 0.6) is 5.75 Å². The normalized spacial score (nSPS) is 23.4. The van der Waals surface area contributed by atoms with Crippen LogP contribution in [-0.2, 0) is 4.79 Å². The molecule has 1 heterocycles. The molecule has 0 spiro atoms. The van der Waals surface area contributed by atoms with E-state index in [9.17, 15) is 4.79 Å². The number of ether oxygens (including phenoxy) is 1. The first kappa shape index (κ1) is 11.6. The maximum Gasteiger partial charge on any atom is 0.265 e. The molecule has 1 fully saturated rings. The van der Waals surface area contributed by atoms with Gasteiger partial charge in [-0.25, -0.2) is 0 Å². The van der Waals surface area contributed by atoms with E-state index in [4.69, 9.17) is 4.74 Å². The van der Waals surface area contributed by atoms with Crippen LogP contribution in [0.2, 0.25) is 0 Å². The first-order valence-corrected chi connectivity index (χ1v) is 6.80. The Balaban J connectivity index is 1.75. The van der Waals surface area contributed by atoms with E-state index in [2.05, 4.69) is 5.32 Å². The van der Waals surface area contributed by atoms with Crippen LogP contribution in [0, 0.1) is 12.8 Å². The lowest BCUT2D eigenvalue weighted by Gasteiger charge is -2.27. The van der Waals surface area contributed by atoms with Crippen LogP contribution < -0.4 is 10.1 Å². The number of rotatable bonds is 2. The summed E-state index contributed by atoms with van der Waals surface area (Å²) in [6.07, 6.45) is 5.65. The van der Waals surface area contributed by atoms with Crippen molar-refractivity contribution in [1.29, 1.82) is 0 Å². The number of hydrogen-bond donors (Lipinski definition) is 1. The van der Waals surface area contributed by atoms with Crippen molar-refractivity contribution in [2.75, 3.05) is 5.32 Å². The van der Waals surface area contributed by atoms with Crippen LogP contribution in [0.1, 0.15) is 37.7 Å². The Hall–Kier alpha value is -1.51. The third kappa shape index (κ3) is 2.22. The van der Waals surface area contributed by atoms with E-state index < -0.39 is 0 Å². The van der Waals surface area contributed by atoms with E-state index in [1.807, 2.05) is 25.1 Å². The zero-order chi connectivity index (χ0) is 12.5. The molecule has 1 amide bonds. The molecule has 0 bridgehead atoms. The summed E-state index contributed by atoms with van der Waals surface area (Å²) in [6, 6.07) is 5.89. The summed E-state index contributed by atoms with van der Waals surface area (Å²) in [5.74, 6) is 1.49. The van der Waals surface area contributed by atoms with Crippen molar-refractivity contribution in [1.82, 2.24) is 0 Å². The van der Waals surface area contributed by atoms with Gasteiger partial charge in [0.05, 0.1) is 5.69 Å². The van der Waals surface area contributed by atoms with E-state index in [-0.39, 0.29) is 12.0 Å². The number of nitrogens with one attached hydrogen (secondary N) is 1. The molecule has 1 unspecified atom stereocenters. The zero-order valence-corrected chi connectivity index (χ0v) is 10.7. The number of aryl methyl sites for hydroxylation is 1. The largest absolute Gasteiger partial charge is 0.478 e. The van der Waals surface area contributed by atoms with Crippen molar-refractivity contribution in [3.63, 3.8) is 0 Å². The average Bonchev–Trinajstić information content (AvgIpc) is 2.83. The molecule has 96 valence electrons. The smallest absolute Gasteiger partial charge is 0.265 e. The predicted octanol–water partition coefficient (Wildman–Crippen LogP) is 3.27. The topological polar surface area (TPSA) is 38.3 Å². The van der Waals surface area contributed by atoms with Gasteiger partial charge in [-0.05, 0) is 37.0 Å². The highest BCUT2D eigenvalue weighted by molar-refractivity contribution is 5.97.